The van der Waals surface area contributed by atoms with Crippen molar-refractivity contribution in [1.29, 1.82) is 0 Å². The summed E-state index contributed by atoms with van der Waals surface area (Å²) in [7, 11) is -1.60. The minimum atomic E-state index is -1.60. The van der Waals surface area contributed by atoms with Crippen molar-refractivity contribution in [3.05, 3.63) is 11.6 Å². The average Bonchev–Trinajstić information content (AvgIpc) is 2.81. The van der Waals surface area contributed by atoms with Crippen molar-refractivity contribution in [2.24, 2.45) is 0 Å². The van der Waals surface area contributed by atoms with E-state index in [0.717, 1.165) is 19.4 Å². The summed E-state index contributed by atoms with van der Waals surface area (Å²) in [6.45, 7) is 18.7. The maximum atomic E-state index is 6.16. The number of ether oxygens (including phenoxy) is 1. The Labute approximate surface area is 120 Å². The Morgan fingerprint density at radius 2 is 1.84 bits per heavy atom. The van der Waals surface area contributed by atoms with Crippen LogP contribution in [-0.2, 0) is 9.16 Å². The molecular weight excluding hydrogens is 252 g/mol. The van der Waals surface area contributed by atoms with Crippen molar-refractivity contribution in [1.82, 2.24) is 0 Å². The first-order valence-corrected chi connectivity index (χ1v) is 10.3. The predicted octanol–water partition coefficient (Wildman–Crippen LogP) is 4.91. The Hall–Kier alpha value is -0.123. The molecule has 1 unspecified atom stereocenters. The van der Waals surface area contributed by atoms with Gasteiger partial charge in [-0.25, -0.2) is 0 Å². The summed E-state index contributed by atoms with van der Waals surface area (Å²) in [5, 5.41) is 0.292. The van der Waals surface area contributed by atoms with Gasteiger partial charge < -0.3 is 9.16 Å². The van der Waals surface area contributed by atoms with E-state index >= 15 is 0 Å². The van der Waals surface area contributed by atoms with Gasteiger partial charge in [0.2, 0.25) is 0 Å². The lowest BCUT2D eigenvalue weighted by molar-refractivity contribution is 0.319. The number of epoxide rings is 1. The summed E-state index contributed by atoms with van der Waals surface area (Å²) in [6.07, 6.45) is 4.96. The summed E-state index contributed by atoms with van der Waals surface area (Å²) in [5.74, 6) is 0. The van der Waals surface area contributed by atoms with Gasteiger partial charge in [0.05, 0.1) is 18.3 Å². The molecule has 0 N–H and O–H groups in total. The van der Waals surface area contributed by atoms with Crippen LogP contribution in [0.15, 0.2) is 11.6 Å². The van der Waals surface area contributed by atoms with Gasteiger partial charge in [-0.15, -0.1) is 0 Å². The molecule has 0 aliphatic carbocycles. The third-order valence-corrected chi connectivity index (χ3v) is 9.15. The molecule has 0 saturated carbocycles. The molecule has 0 bridgehead atoms. The van der Waals surface area contributed by atoms with E-state index in [2.05, 4.69) is 60.7 Å². The highest BCUT2D eigenvalue weighted by Gasteiger charge is 2.46. The van der Waals surface area contributed by atoms with Crippen LogP contribution in [0.5, 0.6) is 0 Å². The van der Waals surface area contributed by atoms with Crippen molar-refractivity contribution in [2.45, 2.75) is 84.2 Å². The molecule has 0 aromatic heterocycles. The van der Waals surface area contributed by atoms with Gasteiger partial charge in [0, 0.05) is 0 Å². The summed E-state index contributed by atoms with van der Waals surface area (Å²) < 4.78 is 11.8. The summed E-state index contributed by atoms with van der Waals surface area (Å²) in [5.41, 5.74) is 1.54. The van der Waals surface area contributed by atoms with Crippen LogP contribution in [0.2, 0.25) is 18.1 Å². The van der Waals surface area contributed by atoms with Crippen LogP contribution in [0.1, 0.15) is 54.4 Å². The maximum Gasteiger partial charge on any atom is 0.192 e. The molecule has 1 saturated heterocycles. The van der Waals surface area contributed by atoms with Gasteiger partial charge in [0.1, 0.15) is 0 Å². The standard InChI is InChI=1S/C16H32O2Si/c1-13(9-10-14-16(5,6)18-14)11-12-17-19(7,8)15(2,3)4/h11,14H,9-10,12H2,1-8H3/b13-11+. The Bertz CT molecular complexity index is 337. The number of hydrogen-bond acceptors (Lipinski definition) is 2. The van der Waals surface area contributed by atoms with E-state index in [0.29, 0.717) is 11.1 Å². The molecule has 1 rings (SSSR count). The van der Waals surface area contributed by atoms with Gasteiger partial charge in [0.25, 0.3) is 0 Å². The zero-order valence-electron chi connectivity index (χ0n) is 14.1. The van der Waals surface area contributed by atoms with Crippen LogP contribution < -0.4 is 0 Å². The first-order valence-electron chi connectivity index (χ1n) is 7.43. The van der Waals surface area contributed by atoms with Crippen molar-refractivity contribution in [2.75, 3.05) is 6.61 Å². The van der Waals surface area contributed by atoms with E-state index in [4.69, 9.17) is 9.16 Å². The molecule has 0 radical (unpaired) electrons. The smallest absolute Gasteiger partial charge is 0.192 e. The second-order valence-corrected chi connectivity index (χ2v) is 12.7. The minimum Gasteiger partial charge on any atom is -0.413 e. The quantitative estimate of drug-likeness (QED) is 0.392. The Balaban J connectivity index is 2.29. The first-order chi connectivity index (χ1) is 8.46. The molecule has 112 valence electrons. The van der Waals surface area contributed by atoms with Gasteiger partial charge in [0.15, 0.2) is 8.32 Å². The molecule has 1 aliphatic heterocycles. The molecular formula is C16H32O2Si. The normalized spacial score (nSPS) is 23.6. The molecule has 2 nitrogen and oxygen atoms in total. The van der Waals surface area contributed by atoms with Gasteiger partial charge in [-0.1, -0.05) is 32.4 Å². The lowest BCUT2D eigenvalue weighted by Crippen LogP contribution is -2.40. The fraction of sp³-hybridized carbons (Fsp3) is 0.875. The largest absolute Gasteiger partial charge is 0.413 e. The highest BCUT2D eigenvalue weighted by molar-refractivity contribution is 6.74. The van der Waals surface area contributed by atoms with E-state index in [1.165, 1.54) is 5.57 Å². The maximum absolute atomic E-state index is 6.16. The van der Waals surface area contributed by atoms with Crippen LogP contribution in [0, 0.1) is 0 Å². The Morgan fingerprint density at radius 1 is 1.32 bits per heavy atom. The van der Waals surface area contributed by atoms with Crippen molar-refractivity contribution in [3.63, 3.8) is 0 Å². The third-order valence-electron chi connectivity index (χ3n) is 4.65. The molecule has 1 aliphatic rings. The van der Waals surface area contributed by atoms with E-state index < -0.39 is 8.32 Å². The fourth-order valence-electron chi connectivity index (χ4n) is 1.81. The van der Waals surface area contributed by atoms with E-state index in [1.54, 1.807) is 0 Å². The van der Waals surface area contributed by atoms with E-state index in [1.807, 2.05) is 0 Å². The first kappa shape index (κ1) is 16.9. The molecule has 0 aromatic carbocycles. The Morgan fingerprint density at radius 3 is 2.26 bits per heavy atom. The topological polar surface area (TPSA) is 21.8 Å². The van der Waals surface area contributed by atoms with Gasteiger partial charge >= 0.3 is 0 Å². The van der Waals surface area contributed by atoms with Crippen molar-refractivity contribution in [3.8, 4) is 0 Å². The minimum absolute atomic E-state index is 0.123. The van der Waals surface area contributed by atoms with Gasteiger partial charge in [-0.3, -0.25) is 0 Å². The summed E-state index contributed by atoms with van der Waals surface area (Å²) >= 11 is 0. The van der Waals surface area contributed by atoms with Crippen LogP contribution >= 0.6 is 0 Å². The fourth-order valence-corrected chi connectivity index (χ4v) is 2.74. The van der Waals surface area contributed by atoms with Crippen LogP contribution in [0.25, 0.3) is 0 Å². The summed E-state index contributed by atoms with van der Waals surface area (Å²) in [4.78, 5) is 0. The SMILES string of the molecule is C/C(=C\CO[Si](C)(C)C(C)(C)C)CCC1OC1(C)C. The summed E-state index contributed by atoms with van der Waals surface area (Å²) in [6, 6.07) is 0. The number of allylic oxidation sites excluding steroid dienone is 1. The highest BCUT2D eigenvalue weighted by Crippen LogP contribution is 2.39. The van der Waals surface area contributed by atoms with E-state index in [9.17, 15) is 0 Å². The third kappa shape index (κ3) is 5.05. The Kier molecular flexibility index (Phi) is 5.08. The molecule has 1 fully saturated rings. The van der Waals surface area contributed by atoms with Gasteiger partial charge in [-0.2, -0.15) is 0 Å². The second-order valence-electron chi connectivity index (χ2n) is 7.87. The lowest BCUT2D eigenvalue weighted by Gasteiger charge is -2.35. The van der Waals surface area contributed by atoms with E-state index in [-0.39, 0.29) is 5.60 Å². The monoisotopic (exact) mass is 284 g/mol. The van der Waals surface area contributed by atoms with Crippen LogP contribution in [-0.4, -0.2) is 26.6 Å². The van der Waals surface area contributed by atoms with Crippen molar-refractivity contribution >= 4 is 8.32 Å². The highest BCUT2D eigenvalue weighted by atomic mass is 28.4. The number of hydrogen-bond donors (Lipinski definition) is 0. The molecule has 1 atom stereocenters. The lowest BCUT2D eigenvalue weighted by atomic mass is 10.0. The molecule has 0 spiro atoms. The molecule has 0 amide bonds. The van der Waals surface area contributed by atoms with Crippen LogP contribution in [0.4, 0.5) is 0 Å². The van der Waals surface area contributed by atoms with Gasteiger partial charge in [-0.05, 0) is 51.7 Å². The van der Waals surface area contributed by atoms with Crippen LogP contribution in [0.3, 0.4) is 0 Å². The zero-order valence-corrected chi connectivity index (χ0v) is 15.1. The molecule has 1 heterocycles. The molecule has 0 aromatic rings. The molecule has 3 heteroatoms. The number of rotatable bonds is 6. The second kappa shape index (κ2) is 5.70. The van der Waals surface area contributed by atoms with Crippen molar-refractivity contribution < 1.29 is 9.16 Å². The average molecular weight is 285 g/mol. The molecule has 19 heavy (non-hydrogen) atoms. The zero-order chi connectivity index (χ0) is 14.9. The predicted molar refractivity (Wildman–Crippen MR) is 85.1 cm³/mol.